The van der Waals surface area contributed by atoms with Crippen LogP contribution in [0.3, 0.4) is 0 Å². The summed E-state index contributed by atoms with van der Waals surface area (Å²) in [6.45, 7) is 1.99. The summed E-state index contributed by atoms with van der Waals surface area (Å²) in [7, 11) is -7.26. The van der Waals surface area contributed by atoms with Crippen LogP contribution in [0.25, 0.3) is 11.1 Å². The summed E-state index contributed by atoms with van der Waals surface area (Å²) >= 11 is 0. The fraction of sp³-hybridized carbons (Fsp3) is 0.381. The van der Waals surface area contributed by atoms with E-state index < -0.39 is 20.0 Å². The molecule has 0 spiro atoms. The van der Waals surface area contributed by atoms with Gasteiger partial charge in [0.2, 0.25) is 20.0 Å². The van der Waals surface area contributed by atoms with Gasteiger partial charge in [-0.15, -0.1) is 0 Å². The van der Waals surface area contributed by atoms with Crippen LogP contribution in [0, 0.1) is 0 Å². The Morgan fingerprint density at radius 1 is 0.645 bits per heavy atom. The molecule has 8 nitrogen and oxygen atoms in total. The molecule has 0 atom stereocenters. The first-order valence-electron chi connectivity index (χ1n) is 10.4. The zero-order chi connectivity index (χ0) is 21.8. The van der Waals surface area contributed by atoms with E-state index in [1.165, 1.54) is 20.7 Å². The molecule has 2 aromatic rings. The van der Waals surface area contributed by atoms with Gasteiger partial charge in [-0.1, -0.05) is 17.3 Å². The Hall–Kier alpha value is -2.27. The Bertz CT molecular complexity index is 1190. The number of nitrogens with zero attached hydrogens (tertiary/aromatic N) is 3. The molecule has 0 aromatic heterocycles. The molecule has 2 aromatic carbocycles. The lowest BCUT2D eigenvalue weighted by atomic mass is 10.1. The van der Waals surface area contributed by atoms with Crippen molar-refractivity contribution in [2.24, 2.45) is 5.16 Å². The zero-order valence-electron chi connectivity index (χ0n) is 16.9. The fourth-order valence-corrected chi connectivity index (χ4v) is 7.72. The number of benzene rings is 2. The zero-order valence-corrected chi connectivity index (χ0v) is 18.5. The molecule has 1 N–H and O–H groups in total. The molecule has 10 heteroatoms. The van der Waals surface area contributed by atoms with Crippen molar-refractivity contribution < 1.29 is 22.0 Å². The Labute approximate surface area is 181 Å². The predicted molar refractivity (Wildman–Crippen MR) is 115 cm³/mol. The number of fused-ring (bicyclic) bond motifs is 3. The summed E-state index contributed by atoms with van der Waals surface area (Å²) in [5, 5.41) is 13.1. The lowest BCUT2D eigenvalue weighted by molar-refractivity contribution is 0.320. The van der Waals surface area contributed by atoms with Crippen molar-refractivity contribution >= 4 is 25.8 Å². The molecule has 2 aliphatic heterocycles. The number of hydrogen-bond acceptors (Lipinski definition) is 6. The van der Waals surface area contributed by atoms with Crippen LogP contribution in [0.5, 0.6) is 0 Å². The minimum Gasteiger partial charge on any atom is -0.410 e. The van der Waals surface area contributed by atoms with Gasteiger partial charge >= 0.3 is 0 Å². The number of hydrogen-bond donors (Lipinski definition) is 1. The Balaban J connectivity index is 1.57. The van der Waals surface area contributed by atoms with Crippen LogP contribution >= 0.6 is 0 Å². The summed E-state index contributed by atoms with van der Waals surface area (Å²) in [6, 6.07) is 9.56. The third kappa shape index (κ3) is 3.20. The van der Waals surface area contributed by atoms with E-state index in [4.69, 9.17) is 0 Å². The summed E-state index contributed by atoms with van der Waals surface area (Å²) < 4.78 is 54.8. The van der Waals surface area contributed by atoms with E-state index in [1.807, 2.05) is 0 Å². The van der Waals surface area contributed by atoms with Crippen LogP contribution in [0.1, 0.15) is 36.8 Å². The van der Waals surface area contributed by atoms with Gasteiger partial charge in [0.1, 0.15) is 5.71 Å². The third-order valence-corrected chi connectivity index (χ3v) is 10.1. The number of sulfonamides is 2. The summed E-state index contributed by atoms with van der Waals surface area (Å²) in [6.07, 6.45) is 3.36. The van der Waals surface area contributed by atoms with E-state index in [2.05, 4.69) is 5.16 Å². The summed E-state index contributed by atoms with van der Waals surface area (Å²) in [5.41, 5.74) is 2.57. The largest absolute Gasteiger partial charge is 0.410 e. The van der Waals surface area contributed by atoms with Gasteiger partial charge < -0.3 is 5.21 Å². The Kier molecular flexibility index (Phi) is 4.93. The van der Waals surface area contributed by atoms with Crippen LogP contribution in [-0.4, -0.2) is 62.5 Å². The second kappa shape index (κ2) is 7.40. The highest BCUT2D eigenvalue weighted by atomic mass is 32.2. The van der Waals surface area contributed by atoms with Gasteiger partial charge in [0.15, 0.2) is 0 Å². The van der Waals surface area contributed by atoms with Gasteiger partial charge in [-0.2, -0.15) is 8.61 Å². The first-order chi connectivity index (χ1) is 14.8. The SMILES string of the molecule is O=S(=O)(c1ccc2c(c1)C(=NO)c1cc(S(=O)(=O)N3CCCC3)ccc1-2)N1CCCC1. The quantitative estimate of drug-likeness (QED) is 0.474. The molecule has 2 fully saturated rings. The summed E-state index contributed by atoms with van der Waals surface area (Å²) in [5.74, 6) is 0. The standard InChI is InChI=1S/C21H23N3O5S2/c25-22-21-19-13-15(30(26,27)23-9-1-2-10-23)5-7-17(19)18-8-6-16(14-20(18)21)31(28,29)24-11-3-4-12-24/h5-8,13-14,25H,1-4,9-12H2. The lowest BCUT2D eigenvalue weighted by Crippen LogP contribution is -2.28. The molecule has 2 heterocycles. The second-order valence-corrected chi connectivity index (χ2v) is 12.0. The average molecular weight is 462 g/mol. The Morgan fingerprint density at radius 3 is 1.39 bits per heavy atom. The first kappa shape index (κ1) is 20.6. The van der Waals surface area contributed by atoms with Crippen molar-refractivity contribution in [3.63, 3.8) is 0 Å². The normalized spacial score (nSPS) is 19.5. The van der Waals surface area contributed by atoms with Crippen LogP contribution in [0.15, 0.2) is 51.3 Å². The minimum atomic E-state index is -3.63. The van der Waals surface area contributed by atoms with E-state index in [0.29, 0.717) is 48.4 Å². The van der Waals surface area contributed by atoms with Gasteiger partial charge in [0.05, 0.1) is 9.79 Å². The number of oxime groups is 1. The second-order valence-electron chi connectivity index (χ2n) is 8.09. The smallest absolute Gasteiger partial charge is 0.243 e. The fourth-order valence-electron chi connectivity index (χ4n) is 4.64. The average Bonchev–Trinajstić information content (AvgIpc) is 3.53. The van der Waals surface area contributed by atoms with Crippen LogP contribution < -0.4 is 0 Å². The molecular weight excluding hydrogens is 438 g/mol. The van der Waals surface area contributed by atoms with Crippen molar-refractivity contribution in [2.45, 2.75) is 35.5 Å². The lowest BCUT2D eigenvalue weighted by Gasteiger charge is -2.16. The topological polar surface area (TPSA) is 107 Å². The van der Waals surface area contributed by atoms with Crippen LogP contribution in [0.2, 0.25) is 0 Å². The van der Waals surface area contributed by atoms with Gasteiger partial charge in [-0.05, 0) is 61.1 Å². The van der Waals surface area contributed by atoms with Gasteiger partial charge in [0, 0.05) is 37.3 Å². The van der Waals surface area contributed by atoms with Crippen molar-refractivity contribution in [3.05, 3.63) is 47.5 Å². The Morgan fingerprint density at radius 2 is 1.03 bits per heavy atom. The minimum absolute atomic E-state index is 0.145. The summed E-state index contributed by atoms with van der Waals surface area (Å²) in [4.78, 5) is 0.291. The molecule has 164 valence electrons. The first-order valence-corrected chi connectivity index (χ1v) is 13.2. The molecule has 31 heavy (non-hydrogen) atoms. The van der Waals surface area contributed by atoms with E-state index >= 15 is 0 Å². The molecule has 1 aliphatic carbocycles. The molecule has 0 unspecified atom stereocenters. The van der Waals surface area contributed by atoms with Gasteiger partial charge in [0.25, 0.3) is 0 Å². The highest BCUT2D eigenvalue weighted by molar-refractivity contribution is 7.89. The van der Waals surface area contributed by atoms with E-state index in [-0.39, 0.29) is 15.5 Å². The predicted octanol–water partition coefficient (Wildman–Crippen LogP) is 2.46. The van der Waals surface area contributed by atoms with Gasteiger partial charge in [-0.3, -0.25) is 0 Å². The maximum atomic E-state index is 13.0. The maximum absolute atomic E-state index is 13.0. The highest BCUT2D eigenvalue weighted by Gasteiger charge is 2.33. The van der Waals surface area contributed by atoms with E-state index in [9.17, 15) is 22.0 Å². The maximum Gasteiger partial charge on any atom is 0.243 e. The van der Waals surface area contributed by atoms with Crippen LogP contribution in [0.4, 0.5) is 0 Å². The molecular formula is C21H23N3O5S2. The number of rotatable bonds is 4. The monoisotopic (exact) mass is 461 g/mol. The van der Waals surface area contributed by atoms with Crippen molar-refractivity contribution in [1.29, 1.82) is 0 Å². The molecule has 0 amide bonds. The van der Waals surface area contributed by atoms with Gasteiger partial charge in [-0.25, -0.2) is 16.8 Å². The molecule has 3 aliphatic rings. The van der Waals surface area contributed by atoms with Crippen LogP contribution in [-0.2, 0) is 20.0 Å². The molecule has 5 rings (SSSR count). The van der Waals surface area contributed by atoms with Crippen molar-refractivity contribution in [3.8, 4) is 11.1 Å². The van der Waals surface area contributed by atoms with E-state index in [0.717, 1.165) is 25.7 Å². The highest BCUT2D eigenvalue weighted by Crippen LogP contribution is 2.40. The van der Waals surface area contributed by atoms with Crippen molar-refractivity contribution in [1.82, 2.24) is 8.61 Å². The molecule has 2 saturated heterocycles. The molecule has 0 saturated carbocycles. The third-order valence-electron chi connectivity index (χ3n) is 6.29. The van der Waals surface area contributed by atoms with Crippen molar-refractivity contribution in [2.75, 3.05) is 26.2 Å². The molecule has 0 bridgehead atoms. The van der Waals surface area contributed by atoms with E-state index in [1.54, 1.807) is 24.3 Å². The molecule has 0 radical (unpaired) electrons.